The highest BCUT2D eigenvalue weighted by Crippen LogP contribution is 2.45. The van der Waals surface area contributed by atoms with Crippen LogP contribution in [0.1, 0.15) is 12.8 Å². The van der Waals surface area contributed by atoms with Gasteiger partial charge in [-0.3, -0.25) is 9.80 Å². The van der Waals surface area contributed by atoms with Crippen molar-refractivity contribution in [1.82, 2.24) is 4.90 Å². The Kier molecular flexibility index (Phi) is 3.72. The summed E-state index contributed by atoms with van der Waals surface area (Å²) in [4.78, 5) is 18.0. The summed E-state index contributed by atoms with van der Waals surface area (Å²) in [5, 5.41) is 0.959. The second kappa shape index (κ2) is 5.99. The van der Waals surface area contributed by atoms with Crippen LogP contribution in [0.15, 0.2) is 36.4 Å². The van der Waals surface area contributed by atoms with Crippen molar-refractivity contribution in [3.63, 3.8) is 0 Å². The second-order valence-electron chi connectivity index (χ2n) is 7.44. The van der Waals surface area contributed by atoms with Gasteiger partial charge in [0.15, 0.2) is 0 Å². The minimum Gasteiger partial charge on any atom is -0.497 e. The van der Waals surface area contributed by atoms with Gasteiger partial charge in [-0.15, -0.1) is 11.3 Å². The van der Waals surface area contributed by atoms with Gasteiger partial charge in [0.2, 0.25) is 0 Å². The van der Waals surface area contributed by atoms with Gasteiger partial charge in [-0.1, -0.05) is 12.1 Å². The number of benzene rings is 1. The Morgan fingerprint density at radius 2 is 2.04 bits per heavy atom. The molecule has 2 bridgehead atoms. The molecule has 1 aromatic heterocycles. The molecule has 4 saturated heterocycles. The molecule has 0 radical (unpaired) electrons. The van der Waals surface area contributed by atoms with E-state index in [0.29, 0.717) is 12.5 Å². The van der Waals surface area contributed by atoms with Crippen molar-refractivity contribution in [2.75, 3.05) is 38.2 Å². The van der Waals surface area contributed by atoms with Crippen LogP contribution in [0.25, 0.3) is 10.4 Å². The Morgan fingerprint density at radius 3 is 2.77 bits per heavy atom. The van der Waals surface area contributed by atoms with E-state index in [0.717, 1.165) is 53.7 Å². The van der Waals surface area contributed by atoms with Crippen LogP contribution in [0.2, 0.25) is 0 Å². The molecule has 136 valence electrons. The number of hydrogen-bond acceptors (Lipinski definition) is 5. The van der Waals surface area contributed by atoms with E-state index in [2.05, 4.69) is 17.0 Å². The van der Waals surface area contributed by atoms with Crippen molar-refractivity contribution in [3.05, 3.63) is 36.4 Å². The van der Waals surface area contributed by atoms with Gasteiger partial charge in [0.1, 0.15) is 16.4 Å². The summed E-state index contributed by atoms with van der Waals surface area (Å²) in [5.41, 5.74) is 0.791. The maximum absolute atomic E-state index is 12.6. The average molecular weight is 370 g/mol. The summed E-state index contributed by atoms with van der Waals surface area (Å²) in [6, 6.07) is 12.1. The zero-order chi connectivity index (χ0) is 17.7. The number of methoxy groups -OCH3 is 1. The second-order valence-corrected chi connectivity index (χ2v) is 8.50. The Morgan fingerprint density at radius 1 is 1.19 bits per heavy atom. The quantitative estimate of drug-likeness (QED) is 0.823. The van der Waals surface area contributed by atoms with Gasteiger partial charge in [0.25, 0.3) is 0 Å². The smallest absolute Gasteiger partial charge is 0.415 e. The molecule has 26 heavy (non-hydrogen) atoms. The molecule has 6 rings (SSSR count). The van der Waals surface area contributed by atoms with E-state index >= 15 is 0 Å². The molecule has 0 N–H and O–H groups in total. The minimum absolute atomic E-state index is 0.196. The standard InChI is InChI=1S/C20H22N2O3S/c1-24-16-4-2-3-14(11-16)17-5-6-18(26-17)22-13-20(25-19(22)23)12-21-9-7-15(20)8-10-21/h2-6,11,15H,7-10,12-13H2,1H3. The first-order valence-corrected chi connectivity index (χ1v) is 9.96. The third kappa shape index (κ3) is 2.51. The van der Waals surface area contributed by atoms with Crippen molar-refractivity contribution in [2.24, 2.45) is 5.92 Å². The molecule has 4 aliphatic heterocycles. The monoisotopic (exact) mass is 370 g/mol. The average Bonchev–Trinajstić information content (AvgIpc) is 3.28. The van der Waals surface area contributed by atoms with E-state index in [4.69, 9.17) is 9.47 Å². The number of hydrogen-bond donors (Lipinski definition) is 0. The molecular weight excluding hydrogens is 348 g/mol. The molecule has 0 saturated carbocycles. The number of nitrogens with zero attached hydrogens (tertiary/aromatic N) is 2. The molecule has 0 aliphatic carbocycles. The van der Waals surface area contributed by atoms with Crippen molar-refractivity contribution in [1.29, 1.82) is 0 Å². The number of piperidine rings is 3. The van der Waals surface area contributed by atoms with Gasteiger partial charge in [0, 0.05) is 17.3 Å². The molecule has 5 heterocycles. The van der Waals surface area contributed by atoms with E-state index in [1.54, 1.807) is 18.4 Å². The fourth-order valence-corrected chi connectivity index (χ4v) is 5.58. The Bertz CT molecular complexity index is 843. The van der Waals surface area contributed by atoms with Gasteiger partial charge in [-0.05, 0) is 55.8 Å². The molecule has 5 nitrogen and oxygen atoms in total. The SMILES string of the molecule is COc1cccc(-c2ccc(N3CC4(CN5CCC4CC5)OC3=O)s2)c1. The van der Waals surface area contributed by atoms with Gasteiger partial charge in [-0.25, -0.2) is 4.79 Å². The van der Waals surface area contributed by atoms with Gasteiger partial charge in [0.05, 0.1) is 13.7 Å². The number of thiophene rings is 1. The molecule has 4 fully saturated rings. The minimum atomic E-state index is -0.312. The summed E-state index contributed by atoms with van der Waals surface area (Å²) in [6.45, 7) is 3.84. The molecule has 1 aromatic carbocycles. The number of carbonyl (C=O) groups excluding carboxylic acids is 1. The molecule has 4 aliphatic rings. The lowest BCUT2D eigenvalue weighted by atomic mass is 9.75. The lowest BCUT2D eigenvalue weighted by Gasteiger charge is -2.49. The van der Waals surface area contributed by atoms with Crippen LogP contribution in [-0.2, 0) is 4.74 Å². The summed E-state index contributed by atoms with van der Waals surface area (Å²) >= 11 is 1.63. The van der Waals surface area contributed by atoms with Crippen LogP contribution in [-0.4, -0.2) is 49.9 Å². The third-order valence-electron chi connectivity index (χ3n) is 5.97. The lowest BCUT2D eigenvalue weighted by Crippen LogP contribution is -2.61. The summed E-state index contributed by atoms with van der Waals surface area (Å²) in [6.07, 6.45) is 2.08. The summed E-state index contributed by atoms with van der Waals surface area (Å²) < 4.78 is 11.3. The summed E-state index contributed by atoms with van der Waals surface area (Å²) in [5.74, 6) is 1.34. The van der Waals surface area contributed by atoms with E-state index in [-0.39, 0.29) is 11.7 Å². The van der Waals surface area contributed by atoms with Crippen molar-refractivity contribution >= 4 is 22.4 Å². The topological polar surface area (TPSA) is 42.0 Å². The van der Waals surface area contributed by atoms with Crippen LogP contribution in [0, 0.1) is 5.92 Å². The molecule has 1 unspecified atom stereocenters. The fraction of sp³-hybridized carbons (Fsp3) is 0.450. The molecule has 6 heteroatoms. The van der Waals surface area contributed by atoms with Crippen molar-refractivity contribution in [2.45, 2.75) is 18.4 Å². The van der Waals surface area contributed by atoms with Gasteiger partial charge >= 0.3 is 6.09 Å². The highest BCUT2D eigenvalue weighted by Gasteiger charge is 2.55. The van der Waals surface area contributed by atoms with Crippen molar-refractivity contribution < 1.29 is 14.3 Å². The Labute approximate surface area is 157 Å². The number of carbonyl (C=O) groups is 1. The van der Waals surface area contributed by atoms with Crippen LogP contribution < -0.4 is 9.64 Å². The number of fused-ring (bicyclic) bond motifs is 2. The molecular formula is C20H22N2O3S. The van der Waals surface area contributed by atoms with Gasteiger partial charge in [-0.2, -0.15) is 0 Å². The largest absolute Gasteiger partial charge is 0.497 e. The lowest BCUT2D eigenvalue weighted by molar-refractivity contribution is -0.0881. The maximum atomic E-state index is 12.6. The zero-order valence-electron chi connectivity index (χ0n) is 14.8. The Hall–Kier alpha value is -2.05. The summed E-state index contributed by atoms with van der Waals surface area (Å²) in [7, 11) is 1.67. The third-order valence-corrected chi connectivity index (χ3v) is 7.13. The van der Waals surface area contributed by atoms with Crippen LogP contribution >= 0.6 is 11.3 Å². The van der Waals surface area contributed by atoms with E-state index in [1.807, 2.05) is 29.2 Å². The predicted molar refractivity (Wildman–Crippen MR) is 102 cm³/mol. The molecule has 1 amide bonds. The van der Waals surface area contributed by atoms with E-state index in [9.17, 15) is 4.79 Å². The first-order valence-electron chi connectivity index (χ1n) is 9.14. The highest BCUT2D eigenvalue weighted by molar-refractivity contribution is 7.19. The molecule has 1 atom stereocenters. The number of anilines is 1. The van der Waals surface area contributed by atoms with E-state index < -0.39 is 0 Å². The number of rotatable bonds is 3. The predicted octanol–water partition coefficient (Wildman–Crippen LogP) is 3.84. The van der Waals surface area contributed by atoms with Crippen LogP contribution in [0.5, 0.6) is 5.75 Å². The van der Waals surface area contributed by atoms with Crippen LogP contribution in [0.4, 0.5) is 9.80 Å². The normalized spacial score (nSPS) is 30.0. The highest BCUT2D eigenvalue weighted by atomic mass is 32.1. The van der Waals surface area contributed by atoms with E-state index in [1.165, 1.54) is 0 Å². The zero-order valence-corrected chi connectivity index (χ0v) is 15.6. The number of ether oxygens (including phenoxy) is 2. The first-order chi connectivity index (χ1) is 12.7. The first kappa shape index (κ1) is 16.1. The number of amides is 1. The Balaban J connectivity index is 1.41. The maximum Gasteiger partial charge on any atom is 0.415 e. The van der Waals surface area contributed by atoms with Gasteiger partial charge < -0.3 is 9.47 Å². The molecule has 1 spiro atoms. The fourth-order valence-electron chi connectivity index (χ4n) is 4.59. The van der Waals surface area contributed by atoms with Crippen molar-refractivity contribution in [3.8, 4) is 16.2 Å². The molecule has 2 aromatic rings. The van der Waals surface area contributed by atoms with Crippen LogP contribution in [0.3, 0.4) is 0 Å².